The summed E-state index contributed by atoms with van der Waals surface area (Å²) in [6.45, 7) is 5.60. The van der Waals surface area contributed by atoms with Crippen LogP contribution in [-0.4, -0.2) is 0 Å². The lowest BCUT2D eigenvalue weighted by molar-refractivity contribution is 0.306. The molecule has 0 heterocycles. The highest BCUT2D eigenvalue weighted by atomic mass is 16.5. The van der Waals surface area contributed by atoms with E-state index in [1.54, 1.807) is 0 Å². The predicted octanol–water partition coefficient (Wildman–Crippen LogP) is 4.24. The number of hydrogen-bond donors (Lipinski definition) is 1. The van der Waals surface area contributed by atoms with Gasteiger partial charge in [-0.05, 0) is 41.2 Å². The number of benzene rings is 2. The fourth-order valence-corrected chi connectivity index (χ4v) is 2.14. The summed E-state index contributed by atoms with van der Waals surface area (Å²) >= 11 is 0. The molecular weight excluding hydrogens is 246 g/mol. The van der Waals surface area contributed by atoms with Gasteiger partial charge in [-0.1, -0.05) is 50.2 Å². The highest BCUT2D eigenvalue weighted by molar-refractivity contribution is 5.30. The molecule has 0 radical (unpaired) electrons. The first-order chi connectivity index (χ1) is 9.72. The molecule has 0 spiro atoms. The third-order valence-electron chi connectivity index (χ3n) is 3.69. The van der Waals surface area contributed by atoms with Crippen LogP contribution in [0.4, 0.5) is 0 Å². The predicted molar refractivity (Wildman–Crippen MR) is 83.8 cm³/mol. The lowest BCUT2D eigenvalue weighted by Crippen LogP contribution is -2.00. The lowest BCUT2D eigenvalue weighted by Gasteiger charge is -2.11. The Morgan fingerprint density at radius 2 is 1.75 bits per heavy atom. The monoisotopic (exact) mass is 269 g/mol. The van der Waals surface area contributed by atoms with Gasteiger partial charge in [0.25, 0.3) is 0 Å². The first-order valence-corrected chi connectivity index (χ1v) is 7.23. The van der Waals surface area contributed by atoms with Crippen LogP contribution in [0.2, 0.25) is 0 Å². The number of nitrogens with two attached hydrogens (primary N) is 1. The van der Waals surface area contributed by atoms with Crippen molar-refractivity contribution in [2.24, 2.45) is 5.73 Å². The van der Waals surface area contributed by atoms with Gasteiger partial charge in [-0.3, -0.25) is 0 Å². The largest absolute Gasteiger partial charge is 0.489 e. The van der Waals surface area contributed by atoms with Gasteiger partial charge in [0.2, 0.25) is 0 Å². The van der Waals surface area contributed by atoms with Crippen LogP contribution in [0, 0.1) is 0 Å². The first kappa shape index (κ1) is 14.6. The number of ether oxygens (including phenoxy) is 1. The summed E-state index contributed by atoms with van der Waals surface area (Å²) in [6, 6.07) is 16.6. The normalized spacial score (nSPS) is 12.2. The molecule has 2 aromatic rings. The fourth-order valence-electron chi connectivity index (χ4n) is 2.14. The summed E-state index contributed by atoms with van der Waals surface area (Å²) in [4.78, 5) is 0. The van der Waals surface area contributed by atoms with Gasteiger partial charge in [-0.2, -0.15) is 0 Å². The van der Waals surface area contributed by atoms with Gasteiger partial charge in [-0.25, -0.2) is 0 Å². The molecule has 2 heteroatoms. The van der Waals surface area contributed by atoms with Crippen molar-refractivity contribution in [3.63, 3.8) is 0 Å². The van der Waals surface area contributed by atoms with Gasteiger partial charge in [0.15, 0.2) is 0 Å². The van der Waals surface area contributed by atoms with Gasteiger partial charge >= 0.3 is 0 Å². The van der Waals surface area contributed by atoms with Crippen molar-refractivity contribution in [1.82, 2.24) is 0 Å². The van der Waals surface area contributed by atoms with Crippen LogP contribution in [0.5, 0.6) is 5.75 Å². The molecule has 2 N–H and O–H groups in total. The average molecular weight is 269 g/mol. The topological polar surface area (TPSA) is 35.2 Å². The fraction of sp³-hybridized carbons (Fsp3) is 0.333. The van der Waals surface area contributed by atoms with Crippen LogP contribution in [0.25, 0.3) is 0 Å². The van der Waals surface area contributed by atoms with Crippen LogP contribution < -0.4 is 10.5 Å². The second-order valence-electron chi connectivity index (χ2n) is 5.19. The molecule has 1 unspecified atom stereocenters. The van der Waals surface area contributed by atoms with Gasteiger partial charge in [0.05, 0.1) is 0 Å². The van der Waals surface area contributed by atoms with Crippen molar-refractivity contribution in [3.8, 4) is 5.75 Å². The van der Waals surface area contributed by atoms with E-state index in [1.807, 2.05) is 24.3 Å². The minimum absolute atomic E-state index is 0.567. The molecule has 0 bridgehead atoms. The molecule has 2 aromatic carbocycles. The average Bonchev–Trinajstić information content (AvgIpc) is 2.53. The third-order valence-corrected chi connectivity index (χ3v) is 3.69. The zero-order chi connectivity index (χ0) is 14.4. The summed E-state index contributed by atoms with van der Waals surface area (Å²) in [7, 11) is 0. The van der Waals surface area contributed by atoms with Crippen LogP contribution in [0.15, 0.2) is 48.5 Å². The van der Waals surface area contributed by atoms with Crippen LogP contribution in [0.1, 0.15) is 42.9 Å². The molecule has 0 aliphatic carbocycles. The molecule has 0 aliphatic heterocycles. The summed E-state index contributed by atoms with van der Waals surface area (Å²) in [5.74, 6) is 1.51. The van der Waals surface area contributed by atoms with Crippen molar-refractivity contribution < 1.29 is 4.74 Å². The Balaban J connectivity index is 1.96. The smallest absolute Gasteiger partial charge is 0.119 e. The Kier molecular flexibility index (Phi) is 5.19. The minimum Gasteiger partial charge on any atom is -0.489 e. The molecule has 0 saturated heterocycles. The molecule has 20 heavy (non-hydrogen) atoms. The van der Waals surface area contributed by atoms with E-state index in [4.69, 9.17) is 10.5 Å². The number of rotatable bonds is 6. The van der Waals surface area contributed by atoms with E-state index in [1.165, 1.54) is 5.56 Å². The Labute approximate surface area is 121 Å². The Bertz CT molecular complexity index is 533. The quantitative estimate of drug-likeness (QED) is 0.851. The van der Waals surface area contributed by atoms with Crippen molar-refractivity contribution in [2.75, 3.05) is 0 Å². The second kappa shape index (κ2) is 7.11. The van der Waals surface area contributed by atoms with Crippen molar-refractivity contribution in [1.29, 1.82) is 0 Å². The van der Waals surface area contributed by atoms with E-state index in [0.29, 0.717) is 19.1 Å². The number of hydrogen-bond acceptors (Lipinski definition) is 2. The lowest BCUT2D eigenvalue weighted by atomic mass is 9.99. The molecule has 1 atom stereocenters. The summed E-state index contributed by atoms with van der Waals surface area (Å²) in [5.41, 5.74) is 9.30. The van der Waals surface area contributed by atoms with E-state index in [9.17, 15) is 0 Å². The highest BCUT2D eigenvalue weighted by Gasteiger charge is 2.03. The van der Waals surface area contributed by atoms with Gasteiger partial charge < -0.3 is 10.5 Å². The molecule has 0 amide bonds. The van der Waals surface area contributed by atoms with Gasteiger partial charge in [0.1, 0.15) is 12.4 Å². The molecule has 106 valence electrons. The molecule has 0 aromatic heterocycles. The maximum absolute atomic E-state index is 5.82. The molecular formula is C18H23NO. The molecule has 2 rings (SSSR count). The first-order valence-electron chi connectivity index (χ1n) is 7.23. The Morgan fingerprint density at radius 3 is 2.40 bits per heavy atom. The van der Waals surface area contributed by atoms with Gasteiger partial charge in [0, 0.05) is 6.54 Å². The zero-order valence-corrected chi connectivity index (χ0v) is 12.3. The molecule has 0 fully saturated rings. The van der Waals surface area contributed by atoms with Crippen molar-refractivity contribution >= 4 is 0 Å². The zero-order valence-electron chi connectivity index (χ0n) is 12.3. The van der Waals surface area contributed by atoms with E-state index in [2.05, 4.69) is 38.1 Å². The molecule has 0 saturated carbocycles. The maximum atomic E-state index is 5.82. The maximum Gasteiger partial charge on any atom is 0.119 e. The SMILES string of the molecule is CCC(C)c1ccc(OCc2cccc(CN)c2)cc1. The standard InChI is InChI=1S/C18H23NO/c1-3-14(2)17-7-9-18(10-8-17)20-13-16-6-4-5-15(11-16)12-19/h4-11,14H,3,12-13,19H2,1-2H3. The van der Waals surface area contributed by atoms with Crippen LogP contribution in [0.3, 0.4) is 0 Å². The molecule has 0 aliphatic rings. The summed E-state index contributed by atoms with van der Waals surface area (Å²) in [6.07, 6.45) is 1.16. The minimum atomic E-state index is 0.567. The van der Waals surface area contributed by atoms with Crippen molar-refractivity contribution in [2.45, 2.75) is 39.3 Å². The Morgan fingerprint density at radius 1 is 1.05 bits per heavy atom. The van der Waals surface area contributed by atoms with Crippen LogP contribution in [-0.2, 0) is 13.2 Å². The van der Waals surface area contributed by atoms with E-state index < -0.39 is 0 Å². The Hall–Kier alpha value is -1.80. The molecule has 2 nitrogen and oxygen atoms in total. The van der Waals surface area contributed by atoms with E-state index >= 15 is 0 Å². The third kappa shape index (κ3) is 3.84. The summed E-state index contributed by atoms with van der Waals surface area (Å²) in [5, 5.41) is 0. The second-order valence-corrected chi connectivity index (χ2v) is 5.19. The van der Waals surface area contributed by atoms with E-state index in [-0.39, 0.29) is 0 Å². The summed E-state index contributed by atoms with van der Waals surface area (Å²) < 4.78 is 5.82. The van der Waals surface area contributed by atoms with E-state index in [0.717, 1.165) is 23.3 Å². The van der Waals surface area contributed by atoms with Crippen molar-refractivity contribution in [3.05, 3.63) is 65.2 Å². The highest BCUT2D eigenvalue weighted by Crippen LogP contribution is 2.22. The van der Waals surface area contributed by atoms with Gasteiger partial charge in [-0.15, -0.1) is 0 Å². The van der Waals surface area contributed by atoms with Crippen LogP contribution >= 0.6 is 0 Å².